The highest BCUT2D eigenvalue weighted by Gasteiger charge is 2.23. The normalized spacial score (nSPS) is 11.0. The van der Waals surface area contributed by atoms with Crippen molar-refractivity contribution in [1.29, 1.82) is 0 Å². The average Bonchev–Trinajstić information content (AvgIpc) is 3.50. The number of benzene rings is 3. The van der Waals surface area contributed by atoms with E-state index in [0.717, 1.165) is 28.2 Å². The minimum atomic E-state index is -0.280. The second kappa shape index (κ2) is 9.01. The highest BCUT2D eigenvalue weighted by Crippen LogP contribution is 2.25. The van der Waals surface area contributed by atoms with Gasteiger partial charge in [-0.3, -0.25) is 4.79 Å². The summed E-state index contributed by atoms with van der Waals surface area (Å²) in [6.07, 6.45) is 1.97. The van der Waals surface area contributed by atoms with Crippen molar-refractivity contribution in [2.45, 2.75) is 6.04 Å². The summed E-state index contributed by atoms with van der Waals surface area (Å²) in [4.78, 5) is 13.7. The van der Waals surface area contributed by atoms with Crippen molar-refractivity contribution in [3.8, 4) is 17.1 Å². The molecular formula is C28H24N4O. The number of carbonyl (C=O) groups excluding carboxylic acids is 1. The predicted octanol–water partition coefficient (Wildman–Crippen LogP) is 5.40. The van der Waals surface area contributed by atoms with Gasteiger partial charge in [0.15, 0.2) is 0 Å². The smallest absolute Gasteiger partial charge is 0.270 e. The van der Waals surface area contributed by atoms with E-state index in [0.29, 0.717) is 5.69 Å². The minimum Gasteiger partial charge on any atom is -0.349 e. The third-order valence-electron chi connectivity index (χ3n) is 5.69. The number of hydrogen-bond acceptors (Lipinski definition) is 2. The second-order valence-corrected chi connectivity index (χ2v) is 7.89. The summed E-state index contributed by atoms with van der Waals surface area (Å²) in [5.41, 5.74) is 5.04. The zero-order valence-electron chi connectivity index (χ0n) is 18.3. The van der Waals surface area contributed by atoms with E-state index in [-0.39, 0.29) is 11.9 Å². The molecule has 0 aliphatic carbocycles. The molecule has 162 valence electrons. The van der Waals surface area contributed by atoms with Gasteiger partial charge in [-0.15, -0.1) is 0 Å². The van der Waals surface area contributed by atoms with E-state index in [1.54, 1.807) is 4.68 Å². The van der Waals surface area contributed by atoms with Gasteiger partial charge in [0.05, 0.1) is 17.4 Å². The van der Waals surface area contributed by atoms with Crippen LogP contribution < -0.4 is 5.32 Å². The first-order chi connectivity index (χ1) is 16.2. The number of hydrogen-bond donors (Lipinski definition) is 1. The minimum absolute atomic E-state index is 0.190. The lowest BCUT2D eigenvalue weighted by molar-refractivity contribution is 0.0935. The van der Waals surface area contributed by atoms with Gasteiger partial charge in [0.1, 0.15) is 11.4 Å². The van der Waals surface area contributed by atoms with E-state index >= 15 is 0 Å². The van der Waals surface area contributed by atoms with Crippen LogP contribution in [0, 0.1) is 0 Å². The number of aryl methyl sites for hydroxylation is 1. The largest absolute Gasteiger partial charge is 0.349 e. The zero-order valence-corrected chi connectivity index (χ0v) is 18.3. The van der Waals surface area contributed by atoms with Crippen LogP contribution in [0.1, 0.15) is 27.7 Å². The maximum atomic E-state index is 13.7. The number of rotatable bonds is 6. The Hall–Kier alpha value is -4.38. The molecule has 0 atom stereocenters. The van der Waals surface area contributed by atoms with Gasteiger partial charge in [-0.25, -0.2) is 4.68 Å². The molecule has 0 radical (unpaired) electrons. The Morgan fingerprint density at radius 1 is 0.788 bits per heavy atom. The summed E-state index contributed by atoms with van der Waals surface area (Å²) in [5.74, 6) is -0.190. The van der Waals surface area contributed by atoms with Crippen LogP contribution in [0.15, 0.2) is 115 Å². The van der Waals surface area contributed by atoms with Crippen molar-refractivity contribution in [3.63, 3.8) is 0 Å². The Bertz CT molecular complexity index is 1320. The van der Waals surface area contributed by atoms with E-state index in [2.05, 4.69) is 5.32 Å². The van der Waals surface area contributed by atoms with Gasteiger partial charge in [0, 0.05) is 13.2 Å². The Kier molecular flexibility index (Phi) is 5.60. The lowest BCUT2D eigenvalue weighted by atomic mass is 9.98. The molecule has 0 saturated carbocycles. The van der Waals surface area contributed by atoms with Crippen LogP contribution in [0.25, 0.3) is 17.1 Å². The first-order valence-electron chi connectivity index (χ1n) is 10.9. The number of nitrogens with one attached hydrogen (secondary N) is 1. The summed E-state index contributed by atoms with van der Waals surface area (Å²) in [6.45, 7) is 0. The molecule has 3 aromatic carbocycles. The van der Waals surface area contributed by atoms with E-state index in [4.69, 9.17) is 5.10 Å². The Morgan fingerprint density at radius 2 is 1.36 bits per heavy atom. The lowest BCUT2D eigenvalue weighted by Gasteiger charge is -2.20. The number of para-hydroxylation sites is 1. The van der Waals surface area contributed by atoms with Crippen LogP contribution in [0.4, 0.5) is 0 Å². The van der Waals surface area contributed by atoms with Crippen LogP contribution in [0.3, 0.4) is 0 Å². The highest BCUT2D eigenvalue weighted by atomic mass is 16.2. The van der Waals surface area contributed by atoms with Crippen LogP contribution in [0.5, 0.6) is 0 Å². The number of amides is 1. The van der Waals surface area contributed by atoms with E-state index in [1.165, 1.54) is 0 Å². The maximum Gasteiger partial charge on any atom is 0.270 e. The SMILES string of the molecule is Cn1cccc1-c1cc(C(=O)NC(c2ccccc2)c2ccccc2)n(-c2ccccc2)n1. The number of carbonyl (C=O) groups is 1. The van der Waals surface area contributed by atoms with Gasteiger partial charge in [-0.2, -0.15) is 5.10 Å². The lowest BCUT2D eigenvalue weighted by Crippen LogP contribution is -2.31. The molecule has 33 heavy (non-hydrogen) atoms. The van der Waals surface area contributed by atoms with Crippen molar-refractivity contribution in [2.24, 2.45) is 7.05 Å². The molecule has 0 fully saturated rings. The third kappa shape index (κ3) is 4.21. The molecular weight excluding hydrogens is 408 g/mol. The van der Waals surface area contributed by atoms with Crippen LogP contribution in [0.2, 0.25) is 0 Å². The number of aromatic nitrogens is 3. The molecule has 0 saturated heterocycles. The average molecular weight is 433 g/mol. The van der Waals surface area contributed by atoms with E-state index in [1.807, 2.05) is 127 Å². The molecule has 5 heteroatoms. The molecule has 5 aromatic rings. The fourth-order valence-electron chi connectivity index (χ4n) is 4.02. The molecule has 5 rings (SSSR count). The Morgan fingerprint density at radius 3 is 1.91 bits per heavy atom. The Balaban J connectivity index is 1.57. The van der Waals surface area contributed by atoms with Gasteiger partial charge in [-0.05, 0) is 41.5 Å². The molecule has 0 unspecified atom stereocenters. The zero-order chi connectivity index (χ0) is 22.6. The van der Waals surface area contributed by atoms with Gasteiger partial charge in [-0.1, -0.05) is 78.9 Å². The summed E-state index contributed by atoms with van der Waals surface area (Å²) in [7, 11) is 1.97. The molecule has 1 amide bonds. The maximum absolute atomic E-state index is 13.7. The van der Waals surface area contributed by atoms with Crippen molar-refractivity contribution >= 4 is 5.91 Å². The fraction of sp³-hybridized carbons (Fsp3) is 0.0714. The van der Waals surface area contributed by atoms with Crippen molar-refractivity contribution in [1.82, 2.24) is 19.7 Å². The molecule has 1 N–H and O–H groups in total. The predicted molar refractivity (Wildman–Crippen MR) is 130 cm³/mol. The quantitative estimate of drug-likeness (QED) is 0.391. The van der Waals surface area contributed by atoms with Gasteiger partial charge < -0.3 is 9.88 Å². The van der Waals surface area contributed by atoms with Gasteiger partial charge in [0.2, 0.25) is 0 Å². The molecule has 0 bridgehead atoms. The monoisotopic (exact) mass is 432 g/mol. The van der Waals surface area contributed by atoms with E-state index < -0.39 is 0 Å². The first kappa shape index (κ1) is 20.5. The molecule has 0 aliphatic heterocycles. The molecule has 5 nitrogen and oxygen atoms in total. The summed E-state index contributed by atoms with van der Waals surface area (Å²) >= 11 is 0. The third-order valence-corrected chi connectivity index (χ3v) is 5.69. The van der Waals surface area contributed by atoms with Crippen molar-refractivity contribution in [2.75, 3.05) is 0 Å². The first-order valence-corrected chi connectivity index (χ1v) is 10.9. The summed E-state index contributed by atoms with van der Waals surface area (Å²) in [6, 6.07) is 35.3. The van der Waals surface area contributed by atoms with Crippen molar-refractivity contribution < 1.29 is 4.79 Å². The standard InChI is InChI=1S/C28H24N4O/c1-31-19-11-18-25(31)24-20-26(32(30-24)23-16-9-4-10-17-23)28(33)29-27(21-12-5-2-6-13-21)22-14-7-3-8-15-22/h2-20,27H,1H3,(H,29,33). The highest BCUT2D eigenvalue weighted by molar-refractivity contribution is 5.94. The van der Waals surface area contributed by atoms with E-state index in [9.17, 15) is 4.79 Å². The van der Waals surface area contributed by atoms with Crippen LogP contribution in [-0.2, 0) is 7.05 Å². The summed E-state index contributed by atoms with van der Waals surface area (Å²) in [5, 5.41) is 8.04. The van der Waals surface area contributed by atoms with Gasteiger partial charge >= 0.3 is 0 Å². The number of nitrogens with zero attached hydrogens (tertiary/aromatic N) is 3. The molecule has 0 spiro atoms. The van der Waals surface area contributed by atoms with Crippen LogP contribution >= 0.6 is 0 Å². The molecule has 2 aromatic heterocycles. The molecule has 2 heterocycles. The summed E-state index contributed by atoms with van der Waals surface area (Å²) < 4.78 is 3.71. The van der Waals surface area contributed by atoms with Crippen molar-refractivity contribution in [3.05, 3.63) is 132 Å². The second-order valence-electron chi connectivity index (χ2n) is 7.89. The van der Waals surface area contributed by atoms with Crippen LogP contribution in [-0.4, -0.2) is 20.3 Å². The van der Waals surface area contributed by atoms with Gasteiger partial charge in [0.25, 0.3) is 5.91 Å². The molecule has 0 aliphatic rings. The fourth-order valence-corrected chi connectivity index (χ4v) is 4.02. The topological polar surface area (TPSA) is 51.9 Å². The Labute approximate surface area is 192 Å².